The van der Waals surface area contributed by atoms with Crippen molar-refractivity contribution < 1.29 is 9.59 Å². The fourth-order valence-electron chi connectivity index (χ4n) is 3.29. The van der Waals surface area contributed by atoms with Crippen LogP contribution in [0.25, 0.3) is 0 Å². The molecular weight excluding hydrogens is 288 g/mol. The summed E-state index contributed by atoms with van der Waals surface area (Å²) in [6.45, 7) is 4.06. The Labute approximate surface area is 139 Å². The zero-order valence-electron chi connectivity index (χ0n) is 14.5. The summed E-state index contributed by atoms with van der Waals surface area (Å²) in [6, 6.07) is 5.92. The lowest BCUT2D eigenvalue weighted by Crippen LogP contribution is -2.36. The molecule has 1 N–H and O–H groups in total. The van der Waals surface area contributed by atoms with E-state index in [2.05, 4.69) is 5.32 Å². The van der Waals surface area contributed by atoms with Gasteiger partial charge in [0.05, 0.1) is 6.54 Å². The maximum absolute atomic E-state index is 12.3. The second-order valence-electron chi connectivity index (χ2n) is 6.77. The molecule has 1 aromatic rings. The standard InChI is InChI=1S/C19H28N2O2/c1-14-8-7-9-15(2)19(14)20-17(22)13-21(3)18(23)12-16-10-5-4-6-11-16/h7-9,16H,4-6,10-13H2,1-3H3,(H,20,22). The van der Waals surface area contributed by atoms with Crippen molar-refractivity contribution >= 4 is 17.5 Å². The van der Waals surface area contributed by atoms with Gasteiger partial charge in [-0.25, -0.2) is 0 Å². The molecular formula is C19H28N2O2. The average Bonchev–Trinajstić information content (AvgIpc) is 2.52. The third kappa shape index (κ3) is 5.08. The van der Waals surface area contributed by atoms with E-state index in [4.69, 9.17) is 0 Å². The van der Waals surface area contributed by atoms with Gasteiger partial charge in [0.1, 0.15) is 0 Å². The van der Waals surface area contributed by atoms with Gasteiger partial charge in [-0.05, 0) is 43.7 Å². The van der Waals surface area contributed by atoms with Crippen molar-refractivity contribution in [1.29, 1.82) is 0 Å². The first kappa shape index (κ1) is 17.5. The molecule has 2 amide bonds. The summed E-state index contributed by atoms with van der Waals surface area (Å²) in [4.78, 5) is 26.1. The van der Waals surface area contributed by atoms with Crippen LogP contribution < -0.4 is 5.32 Å². The highest BCUT2D eigenvalue weighted by Crippen LogP contribution is 2.26. The van der Waals surface area contributed by atoms with Gasteiger partial charge in [-0.2, -0.15) is 0 Å². The smallest absolute Gasteiger partial charge is 0.243 e. The van der Waals surface area contributed by atoms with E-state index in [9.17, 15) is 9.59 Å². The van der Waals surface area contributed by atoms with Crippen LogP contribution in [0, 0.1) is 19.8 Å². The summed E-state index contributed by atoms with van der Waals surface area (Å²) in [7, 11) is 1.72. The van der Waals surface area contributed by atoms with Crippen molar-refractivity contribution in [2.24, 2.45) is 5.92 Å². The van der Waals surface area contributed by atoms with Crippen molar-refractivity contribution in [3.8, 4) is 0 Å². The Bertz CT molecular complexity index is 542. The molecule has 0 bridgehead atoms. The van der Waals surface area contributed by atoms with Gasteiger partial charge in [-0.3, -0.25) is 9.59 Å². The number of hydrogen-bond donors (Lipinski definition) is 1. The molecule has 0 atom stereocenters. The molecule has 1 aliphatic rings. The average molecular weight is 316 g/mol. The van der Waals surface area contributed by atoms with Crippen LogP contribution in [0.3, 0.4) is 0 Å². The molecule has 0 spiro atoms. The second kappa shape index (κ2) is 8.14. The zero-order chi connectivity index (χ0) is 16.8. The lowest BCUT2D eigenvalue weighted by molar-refractivity contribution is -0.134. The quantitative estimate of drug-likeness (QED) is 0.901. The highest BCUT2D eigenvalue weighted by atomic mass is 16.2. The number of aryl methyl sites for hydroxylation is 2. The van der Waals surface area contributed by atoms with Gasteiger partial charge in [0, 0.05) is 19.2 Å². The molecule has 2 rings (SSSR count). The fourth-order valence-corrected chi connectivity index (χ4v) is 3.29. The molecule has 0 radical (unpaired) electrons. The van der Waals surface area contributed by atoms with Crippen LogP contribution in [0.2, 0.25) is 0 Å². The normalized spacial score (nSPS) is 15.3. The Hall–Kier alpha value is -1.84. The van der Waals surface area contributed by atoms with Gasteiger partial charge in [-0.1, -0.05) is 37.5 Å². The van der Waals surface area contributed by atoms with Crippen LogP contribution in [0.5, 0.6) is 0 Å². The summed E-state index contributed by atoms with van der Waals surface area (Å²) in [5.74, 6) is 0.441. The first-order valence-electron chi connectivity index (χ1n) is 8.57. The number of nitrogens with one attached hydrogen (secondary N) is 1. The van der Waals surface area contributed by atoms with Crippen LogP contribution >= 0.6 is 0 Å². The molecule has 0 aromatic heterocycles. The number of rotatable bonds is 5. The summed E-state index contributed by atoms with van der Waals surface area (Å²) in [5.41, 5.74) is 2.93. The van der Waals surface area contributed by atoms with Crippen LogP contribution in [0.1, 0.15) is 49.7 Å². The van der Waals surface area contributed by atoms with Gasteiger partial charge < -0.3 is 10.2 Å². The molecule has 1 fully saturated rings. The van der Waals surface area contributed by atoms with Crippen molar-refractivity contribution in [1.82, 2.24) is 4.90 Å². The second-order valence-corrected chi connectivity index (χ2v) is 6.77. The minimum atomic E-state index is -0.137. The van der Waals surface area contributed by atoms with Crippen molar-refractivity contribution in [2.75, 3.05) is 18.9 Å². The van der Waals surface area contributed by atoms with Gasteiger partial charge in [0.15, 0.2) is 0 Å². The SMILES string of the molecule is Cc1cccc(C)c1NC(=O)CN(C)C(=O)CC1CCCCC1. The first-order valence-corrected chi connectivity index (χ1v) is 8.57. The number of amides is 2. The first-order chi connectivity index (χ1) is 11.0. The van der Waals surface area contributed by atoms with Gasteiger partial charge >= 0.3 is 0 Å². The van der Waals surface area contributed by atoms with E-state index in [0.29, 0.717) is 12.3 Å². The van der Waals surface area contributed by atoms with E-state index < -0.39 is 0 Å². The van der Waals surface area contributed by atoms with Crippen LogP contribution in [-0.2, 0) is 9.59 Å². The molecule has 126 valence electrons. The van der Waals surface area contributed by atoms with Crippen molar-refractivity contribution in [3.63, 3.8) is 0 Å². The number of hydrogen-bond acceptors (Lipinski definition) is 2. The number of nitrogens with zero attached hydrogens (tertiary/aromatic N) is 1. The predicted octanol–water partition coefficient (Wildman–Crippen LogP) is 3.67. The monoisotopic (exact) mass is 316 g/mol. The van der Waals surface area contributed by atoms with Gasteiger partial charge in [-0.15, -0.1) is 0 Å². The minimum Gasteiger partial charge on any atom is -0.336 e. The Morgan fingerprint density at radius 2 is 1.74 bits per heavy atom. The third-order valence-electron chi connectivity index (χ3n) is 4.74. The Morgan fingerprint density at radius 3 is 2.35 bits per heavy atom. The van der Waals surface area contributed by atoms with Crippen LogP contribution in [0.4, 0.5) is 5.69 Å². The third-order valence-corrected chi connectivity index (χ3v) is 4.74. The molecule has 0 heterocycles. The fraction of sp³-hybridized carbons (Fsp3) is 0.579. The summed E-state index contributed by atoms with van der Waals surface area (Å²) in [6.07, 6.45) is 6.62. The van der Waals surface area contributed by atoms with E-state index in [1.54, 1.807) is 11.9 Å². The molecule has 1 aromatic carbocycles. The molecule has 1 aliphatic carbocycles. The van der Waals surface area contributed by atoms with Gasteiger partial charge in [0.2, 0.25) is 11.8 Å². The Kier molecular flexibility index (Phi) is 6.20. The molecule has 23 heavy (non-hydrogen) atoms. The lowest BCUT2D eigenvalue weighted by Gasteiger charge is -2.24. The molecule has 4 heteroatoms. The van der Waals surface area contributed by atoms with E-state index in [0.717, 1.165) is 29.7 Å². The maximum Gasteiger partial charge on any atom is 0.243 e. The molecule has 1 saturated carbocycles. The number of benzene rings is 1. The summed E-state index contributed by atoms with van der Waals surface area (Å²) < 4.78 is 0. The largest absolute Gasteiger partial charge is 0.336 e. The van der Waals surface area contributed by atoms with Crippen LogP contribution in [-0.4, -0.2) is 30.3 Å². The minimum absolute atomic E-state index is 0.0774. The number of likely N-dealkylation sites (N-methyl/N-ethyl adjacent to an activating group) is 1. The number of para-hydroxylation sites is 1. The Morgan fingerprint density at radius 1 is 1.13 bits per heavy atom. The molecule has 0 aliphatic heterocycles. The van der Waals surface area contributed by atoms with E-state index in [1.165, 1.54) is 19.3 Å². The van der Waals surface area contributed by atoms with E-state index >= 15 is 0 Å². The molecule has 4 nitrogen and oxygen atoms in total. The molecule has 0 saturated heterocycles. The van der Waals surface area contributed by atoms with Crippen LogP contribution in [0.15, 0.2) is 18.2 Å². The highest BCUT2D eigenvalue weighted by molar-refractivity contribution is 5.95. The van der Waals surface area contributed by atoms with Crippen molar-refractivity contribution in [2.45, 2.75) is 52.4 Å². The Balaban J connectivity index is 1.85. The van der Waals surface area contributed by atoms with Crippen molar-refractivity contribution in [3.05, 3.63) is 29.3 Å². The van der Waals surface area contributed by atoms with E-state index in [-0.39, 0.29) is 18.4 Å². The summed E-state index contributed by atoms with van der Waals surface area (Å²) in [5, 5.41) is 2.94. The number of carbonyl (C=O) groups excluding carboxylic acids is 2. The maximum atomic E-state index is 12.3. The molecule has 0 unspecified atom stereocenters. The number of anilines is 1. The summed E-state index contributed by atoms with van der Waals surface area (Å²) >= 11 is 0. The predicted molar refractivity (Wildman–Crippen MR) is 93.4 cm³/mol. The highest BCUT2D eigenvalue weighted by Gasteiger charge is 2.20. The zero-order valence-corrected chi connectivity index (χ0v) is 14.5. The van der Waals surface area contributed by atoms with E-state index in [1.807, 2.05) is 32.0 Å². The van der Waals surface area contributed by atoms with Gasteiger partial charge in [0.25, 0.3) is 0 Å². The lowest BCUT2D eigenvalue weighted by atomic mass is 9.87. The number of carbonyl (C=O) groups is 2. The topological polar surface area (TPSA) is 49.4 Å².